The average Bonchev–Trinajstić information content (AvgIpc) is 2.40. The number of hydrogen-bond donors (Lipinski definition) is 1. The second kappa shape index (κ2) is 7.09. The zero-order valence-electron chi connectivity index (χ0n) is 10.4. The summed E-state index contributed by atoms with van der Waals surface area (Å²) in [6.45, 7) is 0. The number of carbonyl (C=O) groups excluding carboxylic acids is 1. The fourth-order valence-electron chi connectivity index (χ4n) is 1.43. The van der Waals surface area contributed by atoms with Gasteiger partial charge in [0.25, 0.3) is 0 Å². The van der Waals surface area contributed by atoms with E-state index in [1.807, 2.05) is 0 Å². The molecule has 2 aromatic rings. The van der Waals surface area contributed by atoms with E-state index < -0.39 is 11.9 Å². The van der Waals surface area contributed by atoms with Crippen molar-refractivity contribution < 1.29 is 19.4 Å². The molecule has 0 aliphatic carbocycles. The van der Waals surface area contributed by atoms with Gasteiger partial charge in [-0.25, -0.2) is 9.59 Å². The number of hydrogen-bond acceptors (Lipinski definition) is 3. The van der Waals surface area contributed by atoms with Crippen molar-refractivity contribution in [3.63, 3.8) is 0 Å². The molecule has 0 bridgehead atoms. The van der Waals surface area contributed by atoms with Gasteiger partial charge in [-0.3, -0.25) is 0 Å². The van der Waals surface area contributed by atoms with E-state index in [0.29, 0.717) is 5.56 Å². The number of benzene rings is 2. The Morgan fingerprint density at radius 3 is 2.16 bits per heavy atom. The summed E-state index contributed by atoms with van der Waals surface area (Å²) in [5.74, 6) is -1.37. The molecule has 0 saturated carbocycles. The summed E-state index contributed by atoms with van der Waals surface area (Å²) in [6, 6.07) is 14.3. The number of esters is 1. The third kappa shape index (κ3) is 4.21. The van der Waals surface area contributed by atoms with Crippen molar-refractivity contribution in [2.24, 2.45) is 0 Å². The van der Waals surface area contributed by atoms with Crippen molar-refractivity contribution in [2.75, 3.05) is 0 Å². The van der Waals surface area contributed by atoms with Gasteiger partial charge in [0.1, 0.15) is 5.75 Å². The molecular weight excluding hydrogens is 255 g/mol. The van der Waals surface area contributed by atoms with Crippen LogP contribution in [0.3, 0.4) is 0 Å². The van der Waals surface area contributed by atoms with E-state index in [-0.39, 0.29) is 40.9 Å². The van der Waals surface area contributed by atoms with Crippen molar-refractivity contribution in [3.8, 4) is 5.75 Å². The summed E-state index contributed by atoms with van der Waals surface area (Å²) in [6.07, 6.45) is 0. The van der Waals surface area contributed by atoms with Crippen LogP contribution in [0.5, 0.6) is 5.75 Å². The van der Waals surface area contributed by atoms with Crippen molar-refractivity contribution in [3.05, 3.63) is 65.7 Å². The predicted octanol–water partition coefficient (Wildman–Crippen LogP) is 2.22. The molecule has 0 aromatic heterocycles. The molecule has 0 atom stereocenters. The summed E-state index contributed by atoms with van der Waals surface area (Å²) in [4.78, 5) is 22.5. The quantitative estimate of drug-likeness (QED) is 0.525. The molecule has 91 valence electrons. The van der Waals surface area contributed by atoms with Gasteiger partial charge in [-0.05, 0) is 30.3 Å². The van der Waals surface area contributed by atoms with E-state index in [4.69, 9.17) is 9.84 Å². The Bertz CT molecular complexity index is 581. The molecule has 0 aliphatic rings. The van der Waals surface area contributed by atoms with E-state index in [1.54, 1.807) is 30.3 Å². The molecule has 0 spiro atoms. The van der Waals surface area contributed by atoms with Crippen molar-refractivity contribution in [1.82, 2.24) is 0 Å². The minimum Gasteiger partial charge on any atom is -0.478 e. The maximum absolute atomic E-state index is 11.7. The van der Waals surface area contributed by atoms with Gasteiger partial charge in [-0.15, -0.1) is 0 Å². The van der Waals surface area contributed by atoms with Crippen LogP contribution in [0.25, 0.3) is 0 Å². The SMILES string of the molecule is O=C(O)c1cccc(OC(=O)c2ccccc2)c1.[Na]. The largest absolute Gasteiger partial charge is 0.478 e. The molecular formula is C14H10NaO4. The Morgan fingerprint density at radius 2 is 1.53 bits per heavy atom. The van der Waals surface area contributed by atoms with Crippen LogP contribution in [0.1, 0.15) is 20.7 Å². The third-order valence-corrected chi connectivity index (χ3v) is 2.30. The maximum Gasteiger partial charge on any atom is 0.343 e. The minimum absolute atomic E-state index is 0. The Balaban J connectivity index is 0.00000180. The fraction of sp³-hybridized carbons (Fsp3) is 0. The summed E-state index contributed by atoms with van der Waals surface area (Å²) in [5.41, 5.74) is 0.492. The Kier molecular flexibility index (Phi) is 5.76. The Labute approximate surface area is 132 Å². The van der Waals surface area contributed by atoms with Gasteiger partial charge in [0.15, 0.2) is 0 Å². The Morgan fingerprint density at radius 1 is 0.895 bits per heavy atom. The van der Waals surface area contributed by atoms with Crippen LogP contribution in [0.4, 0.5) is 0 Å². The molecule has 5 heteroatoms. The maximum atomic E-state index is 11.7. The first kappa shape index (κ1) is 15.4. The zero-order chi connectivity index (χ0) is 13.0. The van der Waals surface area contributed by atoms with Crippen molar-refractivity contribution in [1.29, 1.82) is 0 Å². The van der Waals surface area contributed by atoms with Crippen LogP contribution >= 0.6 is 0 Å². The number of carbonyl (C=O) groups is 2. The molecule has 0 saturated heterocycles. The average molecular weight is 265 g/mol. The standard InChI is InChI=1S/C14H10O4.Na/c15-13(16)11-7-4-8-12(9-11)18-14(17)10-5-2-1-3-6-10;/h1-9H,(H,15,16);. The summed E-state index contributed by atoms with van der Waals surface area (Å²) in [5, 5.41) is 8.82. The first-order chi connectivity index (χ1) is 8.66. The topological polar surface area (TPSA) is 63.6 Å². The normalized spacial score (nSPS) is 9.26. The zero-order valence-corrected chi connectivity index (χ0v) is 12.4. The molecule has 1 N–H and O–H groups in total. The molecule has 19 heavy (non-hydrogen) atoms. The summed E-state index contributed by atoms with van der Waals surface area (Å²) >= 11 is 0. The van der Waals surface area contributed by atoms with E-state index in [9.17, 15) is 9.59 Å². The van der Waals surface area contributed by atoms with Gasteiger partial charge in [-0.2, -0.15) is 0 Å². The number of carboxylic acids is 1. The summed E-state index contributed by atoms with van der Waals surface area (Å²) < 4.78 is 5.09. The third-order valence-electron chi connectivity index (χ3n) is 2.30. The number of rotatable bonds is 3. The molecule has 0 amide bonds. The second-order valence-electron chi connectivity index (χ2n) is 3.59. The molecule has 0 heterocycles. The van der Waals surface area contributed by atoms with Crippen molar-refractivity contribution in [2.45, 2.75) is 0 Å². The molecule has 2 aromatic carbocycles. The van der Waals surface area contributed by atoms with Gasteiger partial charge in [0.2, 0.25) is 0 Å². The van der Waals surface area contributed by atoms with Crippen LogP contribution < -0.4 is 4.74 Å². The molecule has 0 aliphatic heterocycles. The van der Waals surface area contributed by atoms with Crippen LogP contribution in [0.15, 0.2) is 54.6 Å². The van der Waals surface area contributed by atoms with E-state index >= 15 is 0 Å². The molecule has 0 unspecified atom stereocenters. The second-order valence-corrected chi connectivity index (χ2v) is 3.59. The first-order valence-corrected chi connectivity index (χ1v) is 5.27. The Hall–Kier alpha value is -1.62. The molecule has 4 nitrogen and oxygen atoms in total. The van der Waals surface area contributed by atoms with Gasteiger partial charge >= 0.3 is 11.9 Å². The number of aromatic carboxylic acids is 1. The van der Waals surface area contributed by atoms with Crippen LogP contribution in [-0.4, -0.2) is 46.6 Å². The fourth-order valence-corrected chi connectivity index (χ4v) is 1.43. The van der Waals surface area contributed by atoms with Crippen molar-refractivity contribution >= 4 is 41.5 Å². The van der Waals surface area contributed by atoms with Gasteiger partial charge in [-0.1, -0.05) is 24.3 Å². The van der Waals surface area contributed by atoms with Crippen LogP contribution in [-0.2, 0) is 0 Å². The molecule has 2 rings (SSSR count). The van der Waals surface area contributed by atoms with Crippen LogP contribution in [0, 0.1) is 0 Å². The molecule has 0 fully saturated rings. The molecule has 1 radical (unpaired) electrons. The van der Waals surface area contributed by atoms with E-state index in [2.05, 4.69) is 0 Å². The van der Waals surface area contributed by atoms with Gasteiger partial charge in [0, 0.05) is 29.6 Å². The number of carboxylic acid groups (broad SMARTS) is 1. The summed E-state index contributed by atoms with van der Waals surface area (Å²) in [7, 11) is 0. The van der Waals surface area contributed by atoms with Gasteiger partial charge in [0.05, 0.1) is 11.1 Å². The van der Waals surface area contributed by atoms with E-state index in [0.717, 1.165) is 0 Å². The predicted molar refractivity (Wildman–Crippen MR) is 70.6 cm³/mol. The van der Waals surface area contributed by atoms with E-state index in [1.165, 1.54) is 24.3 Å². The smallest absolute Gasteiger partial charge is 0.343 e. The van der Waals surface area contributed by atoms with Gasteiger partial charge < -0.3 is 9.84 Å². The minimum atomic E-state index is -1.06. The first-order valence-electron chi connectivity index (χ1n) is 5.27. The number of ether oxygens (including phenoxy) is 1. The monoisotopic (exact) mass is 265 g/mol. The van der Waals surface area contributed by atoms with Crippen LogP contribution in [0.2, 0.25) is 0 Å².